The molecule has 1 saturated heterocycles. The number of hydrogen-bond acceptors (Lipinski definition) is 3. The monoisotopic (exact) mass is 321 g/mol. The maximum absolute atomic E-state index is 12.5. The van der Waals surface area contributed by atoms with Gasteiger partial charge in [0.15, 0.2) is 0 Å². The molecular weight excluding hydrogens is 307 g/mol. The van der Waals surface area contributed by atoms with Crippen molar-refractivity contribution in [2.45, 2.75) is 38.5 Å². The van der Waals surface area contributed by atoms with Crippen molar-refractivity contribution in [2.75, 3.05) is 11.9 Å². The van der Waals surface area contributed by atoms with Crippen molar-refractivity contribution < 1.29 is 18.0 Å². The third-order valence-corrected chi connectivity index (χ3v) is 3.58. The van der Waals surface area contributed by atoms with Crippen LogP contribution in [0.2, 0.25) is 5.02 Å². The van der Waals surface area contributed by atoms with Gasteiger partial charge in [-0.25, -0.2) is 4.98 Å². The van der Waals surface area contributed by atoms with Gasteiger partial charge in [-0.05, 0) is 19.9 Å². The molecule has 1 fully saturated rings. The molecule has 2 rings (SSSR count). The van der Waals surface area contributed by atoms with E-state index in [9.17, 15) is 18.0 Å². The summed E-state index contributed by atoms with van der Waals surface area (Å²) in [6, 6.07) is 0.704. The summed E-state index contributed by atoms with van der Waals surface area (Å²) in [5, 5.41) is 2.82. The van der Waals surface area contributed by atoms with Crippen molar-refractivity contribution in [1.29, 1.82) is 0 Å². The van der Waals surface area contributed by atoms with Gasteiger partial charge in [0, 0.05) is 25.2 Å². The third-order valence-electron chi connectivity index (χ3n) is 3.29. The van der Waals surface area contributed by atoms with Crippen LogP contribution in [0.5, 0.6) is 0 Å². The van der Waals surface area contributed by atoms with Gasteiger partial charge in [0.25, 0.3) is 0 Å². The molecule has 0 aromatic carbocycles. The lowest BCUT2D eigenvalue weighted by molar-refractivity contribution is -0.137. The summed E-state index contributed by atoms with van der Waals surface area (Å²) in [5.41, 5.74) is -0.899. The van der Waals surface area contributed by atoms with Gasteiger partial charge in [0.05, 0.1) is 16.6 Å². The minimum absolute atomic E-state index is 0.00512. The first-order valence-corrected chi connectivity index (χ1v) is 6.85. The van der Waals surface area contributed by atoms with E-state index < -0.39 is 11.7 Å². The summed E-state index contributed by atoms with van der Waals surface area (Å²) < 4.78 is 37.6. The largest absolute Gasteiger partial charge is 0.417 e. The molecule has 21 heavy (non-hydrogen) atoms. The molecule has 116 valence electrons. The fourth-order valence-corrected chi connectivity index (χ4v) is 2.44. The highest BCUT2D eigenvalue weighted by atomic mass is 35.5. The second-order valence-electron chi connectivity index (χ2n) is 5.24. The molecule has 4 nitrogen and oxygen atoms in total. The van der Waals surface area contributed by atoms with Gasteiger partial charge in [-0.2, -0.15) is 13.2 Å². The topological polar surface area (TPSA) is 45.2 Å². The smallest absolute Gasteiger partial charge is 0.364 e. The standard InChI is InChI=1S/C13H15ClF3N3O/c1-7(2)20-6-9(4-11(20)21)19-12-10(14)3-8(5-18-12)13(15,16)17/h3,5,7,9H,4,6H2,1-2H3,(H,18,19)/t9-/m0/s1. The SMILES string of the molecule is CC(C)N1C[C@@H](Nc2ncc(C(F)(F)F)cc2Cl)CC1=O. The van der Waals surface area contributed by atoms with Crippen LogP contribution in [0.1, 0.15) is 25.8 Å². The minimum Gasteiger partial charge on any atom is -0.364 e. The zero-order chi connectivity index (χ0) is 15.8. The van der Waals surface area contributed by atoms with Crippen LogP contribution in [0.25, 0.3) is 0 Å². The van der Waals surface area contributed by atoms with E-state index in [4.69, 9.17) is 11.6 Å². The molecule has 1 atom stereocenters. The van der Waals surface area contributed by atoms with Crippen molar-refractivity contribution >= 4 is 23.3 Å². The van der Waals surface area contributed by atoms with Crippen molar-refractivity contribution in [3.63, 3.8) is 0 Å². The Morgan fingerprint density at radius 1 is 1.48 bits per heavy atom. The molecule has 8 heteroatoms. The number of anilines is 1. The molecular formula is C13H15ClF3N3O. The van der Waals surface area contributed by atoms with E-state index in [1.807, 2.05) is 13.8 Å². The Bertz CT molecular complexity index is 548. The molecule has 1 N–H and O–H groups in total. The number of halogens is 4. The fraction of sp³-hybridized carbons (Fsp3) is 0.538. The van der Waals surface area contributed by atoms with Gasteiger partial charge >= 0.3 is 6.18 Å². The fourth-order valence-electron chi connectivity index (χ4n) is 2.22. The van der Waals surface area contributed by atoms with Crippen molar-refractivity contribution in [3.05, 3.63) is 22.8 Å². The number of nitrogens with one attached hydrogen (secondary N) is 1. The third kappa shape index (κ3) is 3.58. The average Bonchev–Trinajstić information content (AvgIpc) is 2.71. The van der Waals surface area contributed by atoms with Gasteiger partial charge in [0.2, 0.25) is 5.91 Å². The Kier molecular flexibility index (Phi) is 4.32. The Balaban J connectivity index is 2.10. The maximum atomic E-state index is 12.5. The number of likely N-dealkylation sites (tertiary alicyclic amines) is 1. The predicted octanol–water partition coefficient (Wildman–Crippen LogP) is 3.18. The molecule has 0 saturated carbocycles. The predicted molar refractivity (Wildman–Crippen MR) is 73.1 cm³/mol. The first-order chi connectivity index (χ1) is 9.68. The molecule has 0 unspecified atom stereocenters. The quantitative estimate of drug-likeness (QED) is 0.930. The zero-order valence-corrected chi connectivity index (χ0v) is 12.3. The van der Waals surface area contributed by atoms with Crippen LogP contribution in [0.3, 0.4) is 0 Å². The van der Waals surface area contributed by atoms with E-state index >= 15 is 0 Å². The Labute approximate surface area is 125 Å². The van der Waals surface area contributed by atoms with E-state index in [0.717, 1.165) is 12.3 Å². The number of aromatic nitrogens is 1. The lowest BCUT2D eigenvalue weighted by Crippen LogP contribution is -2.33. The normalized spacial score (nSPS) is 19.5. The van der Waals surface area contributed by atoms with E-state index in [1.165, 1.54) is 0 Å². The Morgan fingerprint density at radius 2 is 2.14 bits per heavy atom. The number of hydrogen-bond donors (Lipinski definition) is 1. The number of alkyl halides is 3. The summed E-state index contributed by atoms with van der Waals surface area (Å²) in [6.07, 6.45) is -3.48. The van der Waals surface area contributed by atoms with Gasteiger partial charge in [-0.15, -0.1) is 0 Å². The summed E-state index contributed by atoms with van der Waals surface area (Å²) in [4.78, 5) is 17.2. The number of nitrogens with zero attached hydrogens (tertiary/aromatic N) is 2. The van der Waals surface area contributed by atoms with Crippen molar-refractivity contribution in [1.82, 2.24) is 9.88 Å². The first kappa shape index (κ1) is 15.9. The highest BCUT2D eigenvalue weighted by molar-refractivity contribution is 6.33. The maximum Gasteiger partial charge on any atom is 0.417 e. The van der Waals surface area contributed by atoms with Gasteiger partial charge in [-0.1, -0.05) is 11.6 Å². The molecule has 1 amide bonds. The Hall–Kier alpha value is -1.50. The number of rotatable bonds is 3. The molecule has 0 radical (unpaired) electrons. The summed E-state index contributed by atoms with van der Waals surface area (Å²) in [6.45, 7) is 4.29. The van der Waals surface area contributed by atoms with Crippen LogP contribution in [0, 0.1) is 0 Å². The molecule has 1 aliphatic rings. The molecule has 2 heterocycles. The second-order valence-corrected chi connectivity index (χ2v) is 5.64. The van der Waals surface area contributed by atoms with Crippen LogP contribution in [0.4, 0.5) is 19.0 Å². The van der Waals surface area contributed by atoms with Crippen LogP contribution < -0.4 is 5.32 Å². The number of pyridine rings is 1. The Morgan fingerprint density at radius 3 is 2.62 bits per heavy atom. The molecule has 1 aliphatic heterocycles. The average molecular weight is 322 g/mol. The van der Waals surface area contributed by atoms with Crippen LogP contribution in [0.15, 0.2) is 12.3 Å². The zero-order valence-electron chi connectivity index (χ0n) is 11.5. The van der Waals surface area contributed by atoms with E-state index in [2.05, 4.69) is 10.3 Å². The lowest BCUT2D eigenvalue weighted by Gasteiger charge is -2.21. The summed E-state index contributed by atoms with van der Waals surface area (Å²) in [5.74, 6) is 0.165. The number of carbonyl (C=O) groups is 1. The number of amides is 1. The summed E-state index contributed by atoms with van der Waals surface area (Å²) >= 11 is 5.83. The van der Waals surface area contributed by atoms with Gasteiger partial charge in [0.1, 0.15) is 5.82 Å². The van der Waals surface area contributed by atoms with Gasteiger partial charge < -0.3 is 10.2 Å². The second kappa shape index (κ2) is 5.71. The number of carbonyl (C=O) groups excluding carboxylic acids is 1. The van der Waals surface area contributed by atoms with Crippen molar-refractivity contribution in [3.8, 4) is 0 Å². The van der Waals surface area contributed by atoms with E-state index in [1.54, 1.807) is 4.90 Å². The highest BCUT2D eigenvalue weighted by Gasteiger charge is 2.33. The first-order valence-electron chi connectivity index (χ1n) is 6.47. The van der Waals surface area contributed by atoms with Crippen molar-refractivity contribution in [2.24, 2.45) is 0 Å². The highest BCUT2D eigenvalue weighted by Crippen LogP contribution is 2.32. The molecule has 0 spiro atoms. The molecule has 1 aromatic heterocycles. The lowest BCUT2D eigenvalue weighted by atomic mass is 10.2. The van der Waals surface area contributed by atoms with Crippen LogP contribution in [-0.2, 0) is 11.0 Å². The van der Waals surface area contributed by atoms with Gasteiger partial charge in [-0.3, -0.25) is 4.79 Å². The molecule has 0 aliphatic carbocycles. The summed E-state index contributed by atoms with van der Waals surface area (Å²) in [7, 11) is 0. The van der Waals surface area contributed by atoms with E-state index in [-0.39, 0.29) is 35.3 Å². The van der Waals surface area contributed by atoms with E-state index in [0.29, 0.717) is 6.54 Å². The van der Waals surface area contributed by atoms with Crippen LogP contribution >= 0.6 is 11.6 Å². The molecule has 1 aromatic rings. The van der Waals surface area contributed by atoms with Crippen LogP contribution in [-0.4, -0.2) is 34.4 Å². The molecule has 0 bridgehead atoms. The minimum atomic E-state index is -4.48.